The first kappa shape index (κ1) is 13.1. The summed E-state index contributed by atoms with van der Waals surface area (Å²) in [5, 5.41) is 1.94. The lowest BCUT2D eigenvalue weighted by Gasteiger charge is -2.08. The van der Waals surface area contributed by atoms with Gasteiger partial charge < -0.3 is 9.47 Å². The molecule has 0 unspecified atom stereocenters. The first-order chi connectivity index (χ1) is 7.24. The molecule has 1 aromatic carbocycles. The molecule has 0 heterocycles. The van der Waals surface area contributed by atoms with Crippen LogP contribution in [-0.2, 0) is 4.74 Å². The maximum absolute atomic E-state index is 5.91. The van der Waals surface area contributed by atoms with E-state index in [0.29, 0.717) is 35.6 Å². The van der Waals surface area contributed by atoms with Gasteiger partial charge in [-0.3, -0.25) is 0 Å². The van der Waals surface area contributed by atoms with Crippen molar-refractivity contribution >= 4 is 39.1 Å². The zero-order valence-electron chi connectivity index (χ0n) is 8.01. The lowest BCUT2D eigenvalue weighted by Crippen LogP contribution is -2.08. The Morgan fingerprint density at radius 3 is 2.60 bits per heavy atom. The van der Waals surface area contributed by atoms with Crippen molar-refractivity contribution in [2.24, 2.45) is 0 Å². The fourth-order valence-corrected chi connectivity index (χ4v) is 1.65. The summed E-state index contributed by atoms with van der Waals surface area (Å²) in [6.07, 6.45) is 0. The molecule has 0 aliphatic rings. The minimum Gasteiger partial charge on any atom is -0.490 e. The lowest BCUT2D eigenvalue weighted by atomic mass is 10.3. The molecule has 0 saturated heterocycles. The maximum atomic E-state index is 5.91. The van der Waals surface area contributed by atoms with E-state index in [1.54, 1.807) is 18.2 Å². The second-order valence-electron chi connectivity index (χ2n) is 2.72. The highest BCUT2D eigenvalue weighted by molar-refractivity contribution is 9.09. The molecule has 0 radical (unpaired) electrons. The van der Waals surface area contributed by atoms with E-state index >= 15 is 0 Å². The quantitative estimate of drug-likeness (QED) is 0.588. The minimum absolute atomic E-state index is 0.481. The molecule has 2 nitrogen and oxygen atoms in total. The molecule has 0 N–H and O–H groups in total. The molecule has 84 valence electrons. The van der Waals surface area contributed by atoms with E-state index in [2.05, 4.69) is 15.9 Å². The minimum atomic E-state index is 0.481. The second-order valence-corrected chi connectivity index (χ2v) is 4.36. The third kappa shape index (κ3) is 5.07. The average Bonchev–Trinajstić information content (AvgIpc) is 2.20. The van der Waals surface area contributed by atoms with Crippen LogP contribution in [0.4, 0.5) is 0 Å². The zero-order chi connectivity index (χ0) is 11.1. The van der Waals surface area contributed by atoms with Gasteiger partial charge in [0.2, 0.25) is 0 Å². The van der Waals surface area contributed by atoms with Crippen LogP contribution in [0.1, 0.15) is 0 Å². The molecule has 1 aromatic rings. The highest BCUT2D eigenvalue weighted by Gasteiger charge is 2.01. The SMILES string of the molecule is Clc1ccc(OCCOCCBr)c(Cl)c1. The van der Waals surface area contributed by atoms with Crippen molar-refractivity contribution < 1.29 is 9.47 Å². The second kappa shape index (κ2) is 7.34. The monoisotopic (exact) mass is 312 g/mol. The largest absolute Gasteiger partial charge is 0.490 e. The Morgan fingerprint density at radius 1 is 1.13 bits per heavy atom. The van der Waals surface area contributed by atoms with E-state index < -0.39 is 0 Å². The van der Waals surface area contributed by atoms with Gasteiger partial charge in [-0.2, -0.15) is 0 Å². The van der Waals surface area contributed by atoms with Crippen LogP contribution in [0, 0.1) is 0 Å². The summed E-state index contributed by atoms with van der Waals surface area (Å²) >= 11 is 14.9. The van der Waals surface area contributed by atoms with E-state index in [1.807, 2.05) is 0 Å². The van der Waals surface area contributed by atoms with Crippen LogP contribution >= 0.6 is 39.1 Å². The number of hydrogen-bond donors (Lipinski definition) is 0. The van der Waals surface area contributed by atoms with Gasteiger partial charge in [0.05, 0.1) is 18.2 Å². The van der Waals surface area contributed by atoms with Crippen molar-refractivity contribution in [1.29, 1.82) is 0 Å². The highest BCUT2D eigenvalue weighted by atomic mass is 79.9. The summed E-state index contributed by atoms with van der Waals surface area (Å²) in [4.78, 5) is 0. The number of halogens is 3. The number of alkyl halides is 1. The first-order valence-electron chi connectivity index (χ1n) is 4.45. The van der Waals surface area contributed by atoms with Crippen LogP contribution in [-0.4, -0.2) is 25.2 Å². The molecular formula is C10H11BrCl2O2. The van der Waals surface area contributed by atoms with Crippen LogP contribution in [0.3, 0.4) is 0 Å². The van der Waals surface area contributed by atoms with Gasteiger partial charge in [0.1, 0.15) is 12.4 Å². The van der Waals surface area contributed by atoms with Gasteiger partial charge >= 0.3 is 0 Å². The number of ether oxygens (including phenoxy) is 2. The number of hydrogen-bond acceptors (Lipinski definition) is 2. The summed E-state index contributed by atoms with van der Waals surface area (Å²) in [5.41, 5.74) is 0. The Labute approximate surface area is 108 Å². The van der Waals surface area contributed by atoms with E-state index in [4.69, 9.17) is 32.7 Å². The van der Waals surface area contributed by atoms with E-state index in [0.717, 1.165) is 5.33 Å². The predicted octanol–water partition coefficient (Wildman–Crippen LogP) is 3.78. The van der Waals surface area contributed by atoms with Gasteiger partial charge in [-0.05, 0) is 18.2 Å². The van der Waals surface area contributed by atoms with Crippen molar-refractivity contribution in [1.82, 2.24) is 0 Å². The van der Waals surface area contributed by atoms with Crippen molar-refractivity contribution in [3.05, 3.63) is 28.2 Å². The third-order valence-electron chi connectivity index (χ3n) is 1.60. The molecule has 0 saturated carbocycles. The summed E-state index contributed by atoms with van der Waals surface area (Å²) < 4.78 is 10.6. The molecule has 0 atom stereocenters. The van der Waals surface area contributed by atoms with E-state index in [1.165, 1.54) is 0 Å². The first-order valence-corrected chi connectivity index (χ1v) is 6.33. The van der Waals surface area contributed by atoms with Crippen molar-refractivity contribution in [2.75, 3.05) is 25.2 Å². The maximum Gasteiger partial charge on any atom is 0.138 e. The van der Waals surface area contributed by atoms with Crippen molar-refractivity contribution in [3.63, 3.8) is 0 Å². The third-order valence-corrected chi connectivity index (χ3v) is 2.45. The van der Waals surface area contributed by atoms with Crippen LogP contribution in [0.2, 0.25) is 10.0 Å². The van der Waals surface area contributed by atoms with Gasteiger partial charge in [0, 0.05) is 10.4 Å². The molecule has 0 amide bonds. The average molecular weight is 314 g/mol. The molecule has 0 bridgehead atoms. The summed E-state index contributed by atoms with van der Waals surface area (Å²) in [5.74, 6) is 0.628. The number of benzene rings is 1. The lowest BCUT2D eigenvalue weighted by molar-refractivity contribution is 0.112. The van der Waals surface area contributed by atoms with Crippen molar-refractivity contribution in [3.8, 4) is 5.75 Å². The van der Waals surface area contributed by atoms with Crippen LogP contribution in [0.15, 0.2) is 18.2 Å². The van der Waals surface area contributed by atoms with Crippen LogP contribution in [0.25, 0.3) is 0 Å². The molecule has 5 heteroatoms. The molecule has 0 aliphatic carbocycles. The van der Waals surface area contributed by atoms with Gasteiger partial charge in [0.15, 0.2) is 0 Å². The van der Waals surface area contributed by atoms with Gasteiger partial charge in [0.25, 0.3) is 0 Å². The molecule has 0 aromatic heterocycles. The normalized spacial score (nSPS) is 10.3. The summed E-state index contributed by atoms with van der Waals surface area (Å²) in [6.45, 7) is 1.70. The van der Waals surface area contributed by atoms with Crippen LogP contribution in [0.5, 0.6) is 5.75 Å². The fourth-order valence-electron chi connectivity index (χ4n) is 0.959. The molecule has 15 heavy (non-hydrogen) atoms. The zero-order valence-corrected chi connectivity index (χ0v) is 11.1. The summed E-state index contributed by atoms with van der Waals surface area (Å²) in [6, 6.07) is 5.13. The number of rotatable bonds is 6. The van der Waals surface area contributed by atoms with Crippen LogP contribution < -0.4 is 4.74 Å². The Morgan fingerprint density at radius 2 is 1.93 bits per heavy atom. The molecule has 0 spiro atoms. The van der Waals surface area contributed by atoms with Gasteiger partial charge in [-0.1, -0.05) is 39.1 Å². The van der Waals surface area contributed by atoms with Gasteiger partial charge in [-0.25, -0.2) is 0 Å². The van der Waals surface area contributed by atoms with Gasteiger partial charge in [-0.15, -0.1) is 0 Å². The Kier molecular flexibility index (Phi) is 6.41. The Bertz CT molecular complexity index is 307. The highest BCUT2D eigenvalue weighted by Crippen LogP contribution is 2.27. The summed E-state index contributed by atoms with van der Waals surface area (Å²) in [7, 11) is 0. The molecule has 0 aliphatic heterocycles. The predicted molar refractivity (Wildman–Crippen MR) is 66.6 cm³/mol. The fraction of sp³-hybridized carbons (Fsp3) is 0.400. The van der Waals surface area contributed by atoms with E-state index in [9.17, 15) is 0 Å². The molecule has 1 rings (SSSR count). The Balaban J connectivity index is 2.31. The van der Waals surface area contributed by atoms with Crippen molar-refractivity contribution in [2.45, 2.75) is 0 Å². The Hall–Kier alpha value is 0.0400. The van der Waals surface area contributed by atoms with E-state index in [-0.39, 0.29) is 0 Å². The topological polar surface area (TPSA) is 18.5 Å². The smallest absolute Gasteiger partial charge is 0.138 e. The standard InChI is InChI=1S/C10H11BrCl2O2/c11-3-4-14-5-6-15-10-2-1-8(12)7-9(10)13/h1-2,7H,3-6H2. The molecule has 0 fully saturated rings. The molecular weight excluding hydrogens is 303 g/mol.